The number of halogens is 2. The van der Waals surface area contributed by atoms with E-state index in [1.807, 2.05) is 0 Å². The summed E-state index contributed by atoms with van der Waals surface area (Å²) in [6.07, 6.45) is 4.47. The van der Waals surface area contributed by atoms with Crippen molar-refractivity contribution in [1.82, 2.24) is 10.2 Å². The van der Waals surface area contributed by atoms with Gasteiger partial charge in [-0.2, -0.15) is 8.78 Å². The van der Waals surface area contributed by atoms with Crippen LogP contribution in [0.25, 0.3) is 0 Å². The van der Waals surface area contributed by atoms with Crippen molar-refractivity contribution in [1.29, 1.82) is 0 Å². The molecule has 1 aromatic carbocycles. The first-order valence-electron chi connectivity index (χ1n) is 9.24. The highest BCUT2D eigenvalue weighted by molar-refractivity contribution is 7.99. The first kappa shape index (κ1) is 22.1. The normalized spacial score (nSPS) is 19.2. The predicted molar refractivity (Wildman–Crippen MR) is 104 cm³/mol. The van der Waals surface area contributed by atoms with E-state index in [1.165, 1.54) is 24.3 Å². The zero-order valence-corrected chi connectivity index (χ0v) is 16.8. The number of alkyl halides is 2. The van der Waals surface area contributed by atoms with Crippen molar-refractivity contribution in [3.05, 3.63) is 24.3 Å². The topological polar surface area (TPSA) is 78.5 Å². The third-order valence-corrected chi connectivity index (χ3v) is 5.26. The summed E-state index contributed by atoms with van der Waals surface area (Å²) in [5.41, 5.74) is -0.586. The van der Waals surface area contributed by atoms with Crippen molar-refractivity contribution < 1.29 is 23.2 Å². The van der Waals surface area contributed by atoms with Crippen molar-refractivity contribution in [3.63, 3.8) is 0 Å². The number of unbranched alkanes of at least 4 members (excludes halogenated alkanes) is 3. The van der Waals surface area contributed by atoms with Gasteiger partial charge in [-0.3, -0.25) is 14.5 Å². The Hall–Kier alpha value is -2.16. The van der Waals surface area contributed by atoms with E-state index in [1.54, 1.807) is 6.92 Å². The molecule has 1 atom stereocenters. The van der Waals surface area contributed by atoms with Gasteiger partial charge in [0.25, 0.3) is 11.7 Å². The minimum Gasteiger partial charge on any atom is -0.325 e. The number of urea groups is 1. The number of nitrogens with zero attached hydrogens (tertiary/aromatic N) is 1. The number of anilines is 1. The van der Waals surface area contributed by atoms with Gasteiger partial charge in [0, 0.05) is 10.6 Å². The number of hydrogen-bond acceptors (Lipinski definition) is 4. The number of amides is 4. The smallest absolute Gasteiger partial charge is 0.325 e. The van der Waals surface area contributed by atoms with Gasteiger partial charge in [-0.25, -0.2) is 4.79 Å². The van der Waals surface area contributed by atoms with Gasteiger partial charge in [-0.05, 0) is 37.6 Å². The van der Waals surface area contributed by atoms with Crippen molar-refractivity contribution in [2.24, 2.45) is 0 Å². The second kappa shape index (κ2) is 9.86. The van der Waals surface area contributed by atoms with Crippen LogP contribution < -0.4 is 10.6 Å². The maximum atomic E-state index is 12.6. The molecule has 9 heteroatoms. The van der Waals surface area contributed by atoms with Gasteiger partial charge in [0.2, 0.25) is 5.91 Å². The Morgan fingerprint density at radius 3 is 2.50 bits per heavy atom. The van der Waals surface area contributed by atoms with Crippen molar-refractivity contribution >= 4 is 35.3 Å². The molecule has 0 bridgehead atoms. The Kier molecular flexibility index (Phi) is 7.79. The molecule has 1 heterocycles. The molecule has 1 aliphatic heterocycles. The lowest BCUT2D eigenvalue weighted by Crippen LogP contribution is -2.44. The minimum absolute atomic E-state index is 0.376. The van der Waals surface area contributed by atoms with Crippen molar-refractivity contribution in [2.45, 2.75) is 62.1 Å². The molecule has 0 aromatic heterocycles. The second-order valence-corrected chi connectivity index (χ2v) is 7.98. The first-order valence-corrected chi connectivity index (χ1v) is 10.1. The summed E-state index contributed by atoms with van der Waals surface area (Å²) in [5, 5.41) is 5.25. The van der Waals surface area contributed by atoms with Crippen LogP contribution in [0, 0.1) is 0 Å². The summed E-state index contributed by atoms with van der Waals surface area (Å²) in [7, 11) is 0. The lowest BCUT2D eigenvalue weighted by atomic mass is 9.94. The van der Waals surface area contributed by atoms with E-state index in [9.17, 15) is 23.2 Å². The number of rotatable bonds is 10. The molecule has 0 radical (unpaired) electrons. The van der Waals surface area contributed by atoms with E-state index in [4.69, 9.17) is 0 Å². The summed E-state index contributed by atoms with van der Waals surface area (Å²) in [5.74, 6) is -3.46. The van der Waals surface area contributed by atoms with Crippen molar-refractivity contribution in [3.8, 4) is 0 Å². The SMILES string of the molecule is CCCCCCC1(C)NC(=O)N(CC(=O)Nc2ccc(SC(F)F)cc2)C1=O. The number of hydrogen-bond donors (Lipinski definition) is 2. The molecule has 2 rings (SSSR count). The average molecular weight is 413 g/mol. The number of imide groups is 1. The molecule has 2 N–H and O–H groups in total. The molecule has 0 spiro atoms. The second-order valence-electron chi connectivity index (χ2n) is 6.92. The predicted octanol–water partition coefficient (Wildman–Crippen LogP) is 4.22. The number of nitrogens with one attached hydrogen (secondary N) is 2. The Bertz CT molecular complexity index is 715. The zero-order chi connectivity index (χ0) is 20.7. The quantitative estimate of drug-likeness (QED) is 0.342. The van der Waals surface area contributed by atoms with Crippen LogP contribution in [0.5, 0.6) is 0 Å². The Balaban J connectivity index is 1.90. The van der Waals surface area contributed by atoms with E-state index >= 15 is 0 Å². The van der Waals surface area contributed by atoms with Crippen LogP contribution in [-0.2, 0) is 9.59 Å². The fourth-order valence-corrected chi connectivity index (χ4v) is 3.53. The molecule has 6 nitrogen and oxygen atoms in total. The summed E-state index contributed by atoms with van der Waals surface area (Å²) in [4.78, 5) is 38.3. The number of carbonyl (C=O) groups is 3. The molecule has 1 aliphatic rings. The van der Waals surface area contributed by atoms with E-state index in [0.717, 1.165) is 30.6 Å². The van der Waals surface area contributed by atoms with Gasteiger partial charge >= 0.3 is 6.03 Å². The molecule has 4 amide bonds. The van der Waals surface area contributed by atoms with Gasteiger partial charge in [-0.15, -0.1) is 0 Å². The zero-order valence-electron chi connectivity index (χ0n) is 16.0. The van der Waals surface area contributed by atoms with Crippen LogP contribution in [0.1, 0.15) is 46.0 Å². The molecular formula is C19H25F2N3O3S. The van der Waals surface area contributed by atoms with Crippen LogP contribution in [0.4, 0.5) is 19.3 Å². The highest BCUT2D eigenvalue weighted by Crippen LogP contribution is 2.26. The Morgan fingerprint density at radius 1 is 1.21 bits per heavy atom. The summed E-state index contributed by atoms with van der Waals surface area (Å²) in [6.45, 7) is 3.37. The van der Waals surface area contributed by atoms with Gasteiger partial charge in [-0.1, -0.05) is 44.4 Å². The van der Waals surface area contributed by atoms with Crippen molar-refractivity contribution in [2.75, 3.05) is 11.9 Å². The molecule has 0 saturated carbocycles. The standard InChI is InChI=1S/C19H25F2N3O3S/c1-3-4-5-6-11-19(2)16(26)24(18(27)23-19)12-15(25)22-13-7-9-14(10-8-13)28-17(20)21/h7-10,17H,3-6,11-12H2,1-2H3,(H,22,25)(H,23,27). The fraction of sp³-hybridized carbons (Fsp3) is 0.526. The summed E-state index contributed by atoms with van der Waals surface area (Å²) >= 11 is 0.410. The highest BCUT2D eigenvalue weighted by atomic mass is 32.2. The van der Waals surface area contributed by atoms with Gasteiger partial charge in [0.05, 0.1) is 0 Å². The number of thioether (sulfide) groups is 1. The molecule has 1 unspecified atom stereocenters. The third-order valence-electron chi connectivity index (χ3n) is 4.54. The minimum atomic E-state index is -2.52. The van der Waals surface area contributed by atoms with E-state index in [2.05, 4.69) is 17.6 Å². The summed E-state index contributed by atoms with van der Waals surface area (Å²) in [6, 6.07) is 5.33. The molecule has 1 aromatic rings. The van der Waals surface area contributed by atoms with Crippen LogP contribution in [-0.4, -0.2) is 40.6 Å². The van der Waals surface area contributed by atoms with Gasteiger partial charge < -0.3 is 10.6 Å². The molecule has 0 aliphatic carbocycles. The van der Waals surface area contributed by atoms with Crippen LogP contribution in [0.3, 0.4) is 0 Å². The molecule has 154 valence electrons. The average Bonchev–Trinajstić information content (AvgIpc) is 2.83. The fourth-order valence-electron chi connectivity index (χ4n) is 3.03. The summed E-state index contributed by atoms with van der Waals surface area (Å²) < 4.78 is 24.7. The number of carbonyl (C=O) groups excluding carboxylic acids is 3. The van der Waals surface area contributed by atoms with E-state index < -0.39 is 35.7 Å². The third kappa shape index (κ3) is 5.92. The van der Waals surface area contributed by atoms with Gasteiger partial charge in [0.1, 0.15) is 12.1 Å². The van der Waals surface area contributed by atoms with E-state index in [-0.39, 0.29) is 0 Å². The van der Waals surface area contributed by atoms with Crippen LogP contribution in [0.2, 0.25) is 0 Å². The lowest BCUT2D eigenvalue weighted by molar-refractivity contribution is -0.133. The monoisotopic (exact) mass is 413 g/mol. The van der Waals surface area contributed by atoms with Crippen LogP contribution >= 0.6 is 11.8 Å². The largest absolute Gasteiger partial charge is 0.325 e. The number of benzene rings is 1. The van der Waals surface area contributed by atoms with Crippen LogP contribution in [0.15, 0.2) is 29.2 Å². The lowest BCUT2D eigenvalue weighted by Gasteiger charge is -2.21. The Labute approximate surface area is 167 Å². The van der Waals surface area contributed by atoms with Gasteiger partial charge in [0.15, 0.2) is 0 Å². The maximum absolute atomic E-state index is 12.6. The Morgan fingerprint density at radius 2 is 1.89 bits per heavy atom. The molecule has 1 saturated heterocycles. The molecular weight excluding hydrogens is 388 g/mol. The highest BCUT2D eigenvalue weighted by Gasteiger charge is 2.47. The molecule has 28 heavy (non-hydrogen) atoms. The first-order chi connectivity index (χ1) is 13.2. The molecule has 1 fully saturated rings. The van der Waals surface area contributed by atoms with E-state index in [0.29, 0.717) is 28.8 Å². The maximum Gasteiger partial charge on any atom is 0.325 e.